The maximum absolute atomic E-state index is 3.73. The van der Waals surface area contributed by atoms with E-state index in [1.165, 1.54) is 43.5 Å². The van der Waals surface area contributed by atoms with Crippen LogP contribution >= 0.6 is 43.2 Å². The maximum atomic E-state index is 3.73. The van der Waals surface area contributed by atoms with Crippen LogP contribution in [-0.4, -0.2) is 6.54 Å². The summed E-state index contributed by atoms with van der Waals surface area (Å²) in [6.45, 7) is 3.20. The van der Waals surface area contributed by atoms with Crippen LogP contribution < -0.4 is 5.32 Å². The van der Waals surface area contributed by atoms with Gasteiger partial charge in [0.1, 0.15) is 0 Å². The highest BCUT2D eigenvalue weighted by Crippen LogP contribution is 2.41. The molecule has 1 aromatic carbocycles. The molecule has 0 radical (unpaired) electrons. The number of halogens is 2. The van der Waals surface area contributed by atoms with E-state index in [1.807, 2.05) is 0 Å². The van der Waals surface area contributed by atoms with E-state index in [0.717, 1.165) is 6.54 Å². The normalized spacial score (nSPS) is 19.3. The van der Waals surface area contributed by atoms with Crippen molar-refractivity contribution in [3.8, 4) is 0 Å². The Morgan fingerprint density at radius 1 is 1.29 bits per heavy atom. The van der Waals surface area contributed by atoms with Crippen LogP contribution in [0.3, 0.4) is 0 Å². The number of nitrogens with one attached hydrogen (secondary N) is 1. The zero-order valence-electron chi connectivity index (χ0n) is 12.0. The zero-order chi connectivity index (χ0) is 14.8. The molecule has 2 unspecified atom stereocenters. The first-order chi connectivity index (χ1) is 10.2. The van der Waals surface area contributed by atoms with Crippen molar-refractivity contribution in [3.05, 3.63) is 54.6 Å². The van der Waals surface area contributed by atoms with Crippen LogP contribution in [0, 0.1) is 5.92 Å². The Hall–Kier alpha value is -0.160. The van der Waals surface area contributed by atoms with Gasteiger partial charge in [0.05, 0.1) is 7.57 Å². The summed E-state index contributed by atoms with van der Waals surface area (Å²) in [5.74, 6) is 0.664. The summed E-state index contributed by atoms with van der Waals surface area (Å²) < 4.78 is 2.45. The highest BCUT2D eigenvalue weighted by atomic mass is 79.9. The van der Waals surface area contributed by atoms with Gasteiger partial charge in [0.25, 0.3) is 0 Å². The van der Waals surface area contributed by atoms with E-state index in [0.29, 0.717) is 12.0 Å². The van der Waals surface area contributed by atoms with Crippen molar-refractivity contribution < 1.29 is 0 Å². The Morgan fingerprint density at radius 3 is 2.71 bits per heavy atom. The summed E-state index contributed by atoms with van der Waals surface area (Å²) in [5, 5.41) is 3.71. The summed E-state index contributed by atoms with van der Waals surface area (Å²) in [6, 6.07) is 11.6. The molecule has 4 heteroatoms. The fraction of sp³-hybridized carbons (Fsp3) is 0.412. The van der Waals surface area contributed by atoms with Gasteiger partial charge in [-0.25, -0.2) is 0 Å². The molecule has 3 rings (SSSR count). The molecule has 112 valence electrons. The molecule has 0 saturated heterocycles. The lowest BCUT2D eigenvalue weighted by atomic mass is 9.78. The standard InChI is InChI=1S/C17H19Br2NS/c1-2-20-16(14-10-15(18)21-17(14)19)13-8-7-11-5-3-4-6-12(11)9-13/h3-6,10,13,16,20H,2,7-9H2,1H3. The van der Waals surface area contributed by atoms with E-state index in [9.17, 15) is 0 Å². The molecule has 0 bridgehead atoms. The lowest BCUT2D eigenvalue weighted by Gasteiger charge is -2.32. The van der Waals surface area contributed by atoms with Crippen LogP contribution in [0.15, 0.2) is 37.9 Å². The number of benzene rings is 1. The molecule has 0 saturated carbocycles. The van der Waals surface area contributed by atoms with E-state index >= 15 is 0 Å². The van der Waals surface area contributed by atoms with Gasteiger partial charge in [0.2, 0.25) is 0 Å². The maximum Gasteiger partial charge on any atom is 0.0758 e. The molecule has 1 nitrogen and oxygen atoms in total. The molecule has 0 amide bonds. The lowest BCUT2D eigenvalue weighted by molar-refractivity contribution is 0.330. The van der Waals surface area contributed by atoms with Crippen molar-refractivity contribution in [2.75, 3.05) is 6.54 Å². The second kappa shape index (κ2) is 6.95. The Bertz CT molecular complexity index is 623. The molecule has 1 aromatic heterocycles. The molecular weight excluding hydrogens is 410 g/mol. The number of hydrogen-bond donors (Lipinski definition) is 1. The van der Waals surface area contributed by atoms with Crippen molar-refractivity contribution in [3.63, 3.8) is 0 Å². The topological polar surface area (TPSA) is 12.0 Å². The Balaban J connectivity index is 1.87. The SMILES string of the molecule is CCNC(c1cc(Br)sc1Br)C1CCc2ccccc2C1. The van der Waals surface area contributed by atoms with Crippen molar-refractivity contribution in [2.24, 2.45) is 5.92 Å². The second-order valence-corrected chi connectivity index (χ2v) is 9.34. The average Bonchev–Trinajstić information content (AvgIpc) is 2.83. The van der Waals surface area contributed by atoms with E-state index in [4.69, 9.17) is 0 Å². The highest BCUT2D eigenvalue weighted by Gasteiger charge is 2.28. The minimum atomic E-state index is 0.431. The molecule has 0 aliphatic heterocycles. The van der Waals surface area contributed by atoms with Crippen LogP contribution in [0.5, 0.6) is 0 Å². The van der Waals surface area contributed by atoms with E-state index < -0.39 is 0 Å². The van der Waals surface area contributed by atoms with Crippen LogP contribution in [0.1, 0.15) is 36.1 Å². The minimum Gasteiger partial charge on any atom is -0.310 e. The van der Waals surface area contributed by atoms with Crippen molar-refractivity contribution >= 4 is 43.2 Å². The predicted molar refractivity (Wildman–Crippen MR) is 98.1 cm³/mol. The van der Waals surface area contributed by atoms with Gasteiger partial charge in [-0.05, 0) is 86.3 Å². The lowest BCUT2D eigenvalue weighted by Crippen LogP contribution is -2.31. The van der Waals surface area contributed by atoms with Crippen molar-refractivity contribution in [2.45, 2.75) is 32.2 Å². The third kappa shape index (κ3) is 3.44. The quantitative estimate of drug-likeness (QED) is 0.655. The van der Waals surface area contributed by atoms with E-state index in [2.05, 4.69) is 74.4 Å². The van der Waals surface area contributed by atoms with Crippen LogP contribution in [-0.2, 0) is 12.8 Å². The molecule has 2 aromatic rings. The van der Waals surface area contributed by atoms with Gasteiger partial charge < -0.3 is 5.32 Å². The summed E-state index contributed by atoms with van der Waals surface area (Å²) in [5.41, 5.74) is 4.47. The summed E-state index contributed by atoms with van der Waals surface area (Å²) in [6.07, 6.45) is 3.63. The monoisotopic (exact) mass is 427 g/mol. The van der Waals surface area contributed by atoms with Crippen molar-refractivity contribution in [1.82, 2.24) is 5.32 Å². The third-order valence-electron chi connectivity index (χ3n) is 4.30. The Kier molecular flexibility index (Phi) is 5.20. The molecule has 0 spiro atoms. The van der Waals surface area contributed by atoms with E-state index in [1.54, 1.807) is 11.3 Å². The summed E-state index contributed by atoms with van der Waals surface area (Å²) in [4.78, 5) is 0. The van der Waals surface area contributed by atoms with Crippen LogP contribution in [0.2, 0.25) is 0 Å². The van der Waals surface area contributed by atoms with Gasteiger partial charge in [-0.1, -0.05) is 31.2 Å². The highest BCUT2D eigenvalue weighted by molar-refractivity contribution is 9.12. The molecular formula is C17H19Br2NS. The van der Waals surface area contributed by atoms with E-state index in [-0.39, 0.29) is 0 Å². The number of thiophene rings is 1. The van der Waals surface area contributed by atoms with Gasteiger partial charge in [-0.2, -0.15) is 0 Å². The van der Waals surface area contributed by atoms with Gasteiger partial charge >= 0.3 is 0 Å². The van der Waals surface area contributed by atoms with Gasteiger partial charge in [-0.3, -0.25) is 0 Å². The molecule has 1 N–H and O–H groups in total. The Morgan fingerprint density at radius 2 is 2.05 bits per heavy atom. The first-order valence-electron chi connectivity index (χ1n) is 7.44. The molecule has 21 heavy (non-hydrogen) atoms. The summed E-state index contributed by atoms with van der Waals surface area (Å²) >= 11 is 9.11. The smallest absolute Gasteiger partial charge is 0.0758 e. The van der Waals surface area contributed by atoms with Crippen LogP contribution in [0.25, 0.3) is 0 Å². The van der Waals surface area contributed by atoms with Gasteiger partial charge in [0.15, 0.2) is 0 Å². The first-order valence-corrected chi connectivity index (χ1v) is 9.84. The molecule has 1 heterocycles. The summed E-state index contributed by atoms with van der Waals surface area (Å²) in [7, 11) is 0. The number of aryl methyl sites for hydroxylation is 1. The van der Waals surface area contributed by atoms with Crippen LogP contribution in [0.4, 0.5) is 0 Å². The Labute approximate surface area is 147 Å². The average molecular weight is 429 g/mol. The molecule has 1 aliphatic carbocycles. The number of fused-ring (bicyclic) bond motifs is 1. The molecule has 2 atom stereocenters. The predicted octanol–water partition coefficient (Wildman–Crippen LogP) is 5.73. The minimum absolute atomic E-state index is 0.431. The van der Waals surface area contributed by atoms with Gasteiger partial charge in [-0.15, -0.1) is 11.3 Å². The zero-order valence-corrected chi connectivity index (χ0v) is 16.0. The molecule has 0 fully saturated rings. The van der Waals surface area contributed by atoms with Crippen molar-refractivity contribution in [1.29, 1.82) is 0 Å². The number of hydrogen-bond acceptors (Lipinski definition) is 2. The molecule has 1 aliphatic rings. The van der Waals surface area contributed by atoms with Gasteiger partial charge in [0, 0.05) is 6.04 Å². The fourth-order valence-electron chi connectivity index (χ4n) is 3.33. The number of rotatable bonds is 4. The largest absolute Gasteiger partial charge is 0.310 e. The fourth-order valence-corrected chi connectivity index (χ4v) is 6.25. The second-order valence-electron chi connectivity index (χ2n) is 5.59. The third-order valence-corrected chi connectivity index (χ3v) is 6.68. The first kappa shape index (κ1) is 15.7.